The molecule has 6 heteroatoms. The molecule has 0 heterocycles. The summed E-state index contributed by atoms with van der Waals surface area (Å²) in [5.74, 6) is 0.689. The highest BCUT2D eigenvalue weighted by molar-refractivity contribution is 9.11. The van der Waals surface area contributed by atoms with Gasteiger partial charge in [-0.15, -0.1) is 0 Å². The Labute approximate surface area is 191 Å². The molecule has 0 saturated carbocycles. The molecule has 0 saturated heterocycles. The van der Waals surface area contributed by atoms with E-state index < -0.39 is 0 Å². The zero-order valence-corrected chi connectivity index (χ0v) is 19.6. The van der Waals surface area contributed by atoms with Gasteiger partial charge in [-0.3, -0.25) is 4.79 Å². The van der Waals surface area contributed by atoms with Crippen molar-refractivity contribution in [3.05, 3.63) is 92.4 Å². The molecule has 0 unspecified atom stereocenters. The lowest BCUT2D eigenvalue weighted by atomic mass is 10.1. The Morgan fingerprint density at radius 3 is 2.31 bits per heavy atom. The molecular formula is C23H18Br2O3S. The summed E-state index contributed by atoms with van der Waals surface area (Å²) in [4.78, 5) is 13.5. The standard InChI is InChI=1S/C23H18Br2O3S/c1-27-15-28-22-20(24)13-17(14-21(22)25)11-10-16-6-5-7-18(12-16)23(26)29-19-8-3-2-4-9-19/h2-14H,15H2,1H3. The molecule has 3 nitrogen and oxygen atoms in total. The summed E-state index contributed by atoms with van der Waals surface area (Å²) in [6.07, 6.45) is 3.97. The highest BCUT2D eigenvalue weighted by atomic mass is 79.9. The first-order valence-corrected chi connectivity index (χ1v) is 11.1. The summed E-state index contributed by atoms with van der Waals surface area (Å²) >= 11 is 8.28. The monoisotopic (exact) mass is 532 g/mol. The fraction of sp³-hybridized carbons (Fsp3) is 0.0870. The van der Waals surface area contributed by atoms with E-state index in [1.165, 1.54) is 11.8 Å². The largest absolute Gasteiger partial charge is 0.465 e. The highest BCUT2D eigenvalue weighted by Crippen LogP contribution is 2.35. The summed E-state index contributed by atoms with van der Waals surface area (Å²) in [7, 11) is 1.58. The van der Waals surface area contributed by atoms with Crippen LogP contribution in [0.4, 0.5) is 0 Å². The van der Waals surface area contributed by atoms with E-state index in [0.29, 0.717) is 11.3 Å². The zero-order valence-electron chi connectivity index (χ0n) is 15.6. The Balaban J connectivity index is 1.74. The maximum atomic E-state index is 12.6. The Kier molecular flexibility index (Phi) is 8.12. The molecule has 0 aliphatic carbocycles. The quantitative estimate of drug-likeness (QED) is 0.181. The predicted molar refractivity (Wildman–Crippen MR) is 126 cm³/mol. The second kappa shape index (κ2) is 10.8. The first-order valence-electron chi connectivity index (χ1n) is 8.73. The number of carbonyl (C=O) groups excluding carboxylic acids is 1. The van der Waals surface area contributed by atoms with Crippen LogP contribution in [0.3, 0.4) is 0 Å². The third kappa shape index (κ3) is 6.31. The molecule has 0 radical (unpaired) electrons. The van der Waals surface area contributed by atoms with Crippen molar-refractivity contribution < 1.29 is 14.3 Å². The summed E-state index contributed by atoms with van der Waals surface area (Å²) in [6, 6.07) is 21.2. The highest BCUT2D eigenvalue weighted by Gasteiger charge is 2.09. The van der Waals surface area contributed by atoms with Crippen molar-refractivity contribution in [1.82, 2.24) is 0 Å². The average molecular weight is 534 g/mol. The molecule has 29 heavy (non-hydrogen) atoms. The van der Waals surface area contributed by atoms with Crippen molar-refractivity contribution in [2.75, 3.05) is 13.9 Å². The maximum Gasteiger partial charge on any atom is 0.224 e. The molecule has 0 aliphatic rings. The van der Waals surface area contributed by atoms with Crippen molar-refractivity contribution in [2.24, 2.45) is 0 Å². The van der Waals surface area contributed by atoms with E-state index in [1.807, 2.05) is 78.9 Å². The van der Waals surface area contributed by atoms with Gasteiger partial charge in [0.25, 0.3) is 0 Å². The van der Waals surface area contributed by atoms with E-state index in [9.17, 15) is 4.79 Å². The van der Waals surface area contributed by atoms with Crippen LogP contribution < -0.4 is 4.74 Å². The molecular weight excluding hydrogens is 516 g/mol. The van der Waals surface area contributed by atoms with Crippen LogP contribution in [0.25, 0.3) is 12.2 Å². The molecule has 3 aromatic carbocycles. The van der Waals surface area contributed by atoms with Gasteiger partial charge in [0, 0.05) is 17.6 Å². The molecule has 0 spiro atoms. The third-order valence-corrected chi connectivity index (χ3v) is 5.99. The van der Waals surface area contributed by atoms with Crippen LogP contribution in [0.5, 0.6) is 5.75 Å². The fourth-order valence-electron chi connectivity index (χ4n) is 2.55. The maximum absolute atomic E-state index is 12.6. The lowest BCUT2D eigenvalue weighted by Crippen LogP contribution is -2.00. The first-order chi connectivity index (χ1) is 14.1. The Morgan fingerprint density at radius 2 is 1.62 bits per heavy atom. The van der Waals surface area contributed by atoms with E-state index in [-0.39, 0.29) is 11.9 Å². The molecule has 148 valence electrons. The Hall–Kier alpha value is -1.86. The summed E-state index contributed by atoms with van der Waals surface area (Å²) < 4.78 is 12.1. The van der Waals surface area contributed by atoms with E-state index in [4.69, 9.17) is 9.47 Å². The van der Waals surface area contributed by atoms with Crippen molar-refractivity contribution in [2.45, 2.75) is 4.90 Å². The normalized spacial score (nSPS) is 11.0. The molecule has 0 N–H and O–H groups in total. The number of benzene rings is 3. The van der Waals surface area contributed by atoms with Crippen molar-refractivity contribution in [3.63, 3.8) is 0 Å². The second-order valence-corrected chi connectivity index (χ2v) is 8.78. The number of hydrogen-bond donors (Lipinski definition) is 0. The van der Waals surface area contributed by atoms with E-state index in [2.05, 4.69) is 31.9 Å². The predicted octanol–water partition coefficient (Wildman–Crippen LogP) is 7.30. The average Bonchev–Trinajstić information content (AvgIpc) is 2.73. The minimum Gasteiger partial charge on any atom is -0.465 e. The summed E-state index contributed by atoms with van der Waals surface area (Å²) in [5, 5.41) is 0.0246. The minimum absolute atomic E-state index is 0.0246. The molecule has 3 rings (SSSR count). The SMILES string of the molecule is COCOc1c(Br)cc(C=Cc2cccc(C(=O)Sc3ccccc3)c2)cc1Br. The molecule has 3 aromatic rings. The number of halogens is 2. The van der Waals surface area contributed by atoms with Crippen molar-refractivity contribution >= 4 is 60.9 Å². The minimum atomic E-state index is 0.0246. The van der Waals surface area contributed by atoms with Gasteiger partial charge in [-0.25, -0.2) is 0 Å². The van der Waals surface area contributed by atoms with Crippen LogP contribution in [0.2, 0.25) is 0 Å². The van der Waals surface area contributed by atoms with Gasteiger partial charge in [-0.1, -0.05) is 48.6 Å². The van der Waals surface area contributed by atoms with Gasteiger partial charge in [0.2, 0.25) is 5.12 Å². The molecule has 0 aliphatic heterocycles. The Morgan fingerprint density at radius 1 is 0.931 bits per heavy atom. The van der Waals surface area contributed by atoms with Crippen LogP contribution in [0.1, 0.15) is 21.5 Å². The second-order valence-electron chi connectivity index (χ2n) is 6.03. The molecule has 0 aromatic heterocycles. The van der Waals surface area contributed by atoms with Crippen LogP contribution in [0.15, 0.2) is 80.6 Å². The topological polar surface area (TPSA) is 35.5 Å². The van der Waals surface area contributed by atoms with Crippen LogP contribution >= 0.6 is 43.6 Å². The Bertz CT molecular complexity index is 997. The smallest absolute Gasteiger partial charge is 0.224 e. The molecule has 0 amide bonds. The van der Waals surface area contributed by atoms with E-state index in [1.54, 1.807) is 7.11 Å². The van der Waals surface area contributed by atoms with Gasteiger partial charge < -0.3 is 9.47 Å². The van der Waals surface area contributed by atoms with Gasteiger partial charge in [0.1, 0.15) is 0 Å². The van der Waals surface area contributed by atoms with Crippen LogP contribution in [0, 0.1) is 0 Å². The fourth-order valence-corrected chi connectivity index (χ4v) is 4.75. The lowest BCUT2D eigenvalue weighted by Gasteiger charge is -2.10. The number of hydrogen-bond acceptors (Lipinski definition) is 4. The van der Waals surface area contributed by atoms with Gasteiger partial charge in [0.05, 0.1) is 8.95 Å². The molecule has 0 fully saturated rings. The molecule has 0 bridgehead atoms. The lowest BCUT2D eigenvalue weighted by molar-refractivity contribution is 0.0500. The zero-order chi connectivity index (χ0) is 20.6. The van der Waals surface area contributed by atoms with Crippen LogP contribution in [-0.2, 0) is 4.74 Å². The van der Waals surface area contributed by atoms with Gasteiger partial charge in [0.15, 0.2) is 12.5 Å². The first kappa shape index (κ1) is 21.8. The number of ether oxygens (including phenoxy) is 2. The number of rotatable bonds is 7. The van der Waals surface area contributed by atoms with Crippen molar-refractivity contribution in [1.29, 1.82) is 0 Å². The third-order valence-electron chi connectivity index (χ3n) is 3.89. The number of methoxy groups -OCH3 is 1. The van der Waals surface area contributed by atoms with Crippen molar-refractivity contribution in [3.8, 4) is 5.75 Å². The summed E-state index contributed by atoms with van der Waals surface area (Å²) in [6.45, 7) is 0.175. The summed E-state index contributed by atoms with van der Waals surface area (Å²) in [5.41, 5.74) is 2.62. The van der Waals surface area contributed by atoms with E-state index in [0.717, 1.165) is 25.0 Å². The van der Waals surface area contributed by atoms with Gasteiger partial charge in [-0.05, 0) is 85.1 Å². The van der Waals surface area contributed by atoms with Gasteiger partial charge in [-0.2, -0.15) is 0 Å². The van der Waals surface area contributed by atoms with Crippen LogP contribution in [-0.4, -0.2) is 19.0 Å². The van der Waals surface area contributed by atoms with Gasteiger partial charge >= 0.3 is 0 Å². The molecule has 0 atom stereocenters. The number of thioether (sulfide) groups is 1. The number of carbonyl (C=O) groups is 1. The van der Waals surface area contributed by atoms with E-state index >= 15 is 0 Å².